The van der Waals surface area contributed by atoms with E-state index in [0.29, 0.717) is 22.0 Å². The maximum absolute atomic E-state index is 11.3. The number of carboxylic acids is 1. The first-order valence-electron chi connectivity index (χ1n) is 7.71. The van der Waals surface area contributed by atoms with Crippen LogP contribution < -0.4 is 0 Å². The molecule has 0 aliphatic rings. The molecule has 0 radical (unpaired) electrons. The number of carbonyl (C=O) groups is 1. The lowest BCUT2D eigenvalue weighted by Crippen LogP contribution is -1.97. The fraction of sp³-hybridized carbons (Fsp3) is 0.211. The van der Waals surface area contributed by atoms with Crippen LogP contribution in [0.2, 0.25) is 10.0 Å². The SMILES string of the molecule is CCCc1oc2ccc(C(=O)O)cc2c1Cc1ccc(Cl)cc1Cl. The van der Waals surface area contributed by atoms with Crippen molar-refractivity contribution in [3.8, 4) is 0 Å². The number of fused-ring (bicyclic) bond motifs is 1. The van der Waals surface area contributed by atoms with Crippen LogP contribution in [0.4, 0.5) is 0 Å². The Morgan fingerprint density at radius 2 is 1.96 bits per heavy atom. The first-order valence-corrected chi connectivity index (χ1v) is 8.46. The molecule has 1 N–H and O–H groups in total. The second-order valence-corrected chi connectivity index (χ2v) is 6.53. The van der Waals surface area contributed by atoms with Crippen molar-refractivity contribution >= 4 is 40.1 Å². The second kappa shape index (κ2) is 6.88. The Kier molecular flexibility index (Phi) is 4.83. The minimum absolute atomic E-state index is 0.245. The number of benzene rings is 2. The van der Waals surface area contributed by atoms with Crippen molar-refractivity contribution in [3.63, 3.8) is 0 Å². The molecule has 24 heavy (non-hydrogen) atoms. The van der Waals surface area contributed by atoms with Gasteiger partial charge in [-0.05, 0) is 42.3 Å². The lowest BCUT2D eigenvalue weighted by molar-refractivity contribution is 0.0697. The Hall–Kier alpha value is -1.97. The second-order valence-electron chi connectivity index (χ2n) is 5.68. The Morgan fingerprint density at radius 3 is 2.62 bits per heavy atom. The summed E-state index contributed by atoms with van der Waals surface area (Å²) in [4.78, 5) is 11.3. The maximum Gasteiger partial charge on any atom is 0.335 e. The van der Waals surface area contributed by atoms with E-state index in [9.17, 15) is 9.90 Å². The van der Waals surface area contributed by atoms with Gasteiger partial charge in [-0.3, -0.25) is 0 Å². The van der Waals surface area contributed by atoms with Crippen molar-refractivity contribution in [2.24, 2.45) is 0 Å². The van der Waals surface area contributed by atoms with Gasteiger partial charge in [-0.15, -0.1) is 0 Å². The molecule has 3 aromatic rings. The zero-order valence-corrected chi connectivity index (χ0v) is 14.6. The average Bonchev–Trinajstić information content (AvgIpc) is 2.87. The summed E-state index contributed by atoms with van der Waals surface area (Å²) in [6.07, 6.45) is 2.30. The van der Waals surface area contributed by atoms with Gasteiger partial charge in [0.05, 0.1) is 5.56 Å². The first kappa shape index (κ1) is 16.9. The van der Waals surface area contributed by atoms with Crippen LogP contribution in [0.15, 0.2) is 40.8 Å². The molecule has 0 amide bonds. The lowest BCUT2D eigenvalue weighted by atomic mass is 9.99. The van der Waals surface area contributed by atoms with E-state index in [1.54, 1.807) is 30.3 Å². The van der Waals surface area contributed by atoms with Gasteiger partial charge in [-0.2, -0.15) is 0 Å². The van der Waals surface area contributed by atoms with Crippen LogP contribution in [-0.4, -0.2) is 11.1 Å². The molecule has 0 bridgehead atoms. The van der Waals surface area contributed by atoms with Crippen LogP contribution in [0.3, 0.4) is 0 Å². The van der Waals surface area contributed by atoms with Crippen LogP contribution in [0.1, 0.15) is 40.6 Å². The van der Waals surface area contributed by atoms with Gasteiger partial charge in [0.15, 0.2) is 0 Å². The summed E-state index contributed by atoms with van der Waals surface area (Å²) >= 11 is 12.3. The van der Waals surface area contributed by atoms with Gasteiger partial charge in [-0.25, -0.2) is 4.79 Å². The van der Waals surface area contributed by atoms with Crippen molar-refractivity contribution < 1.29 is 14.3 Å². The number of furan rings is 1. The van der Waals surface area contributed by atoms with E-state index >= 15 is 0 Å². The average molecular weight is 363 g/mol. The third kappa shape index (κ3) is 3.28. The zero-order valence-electron chi connectivity index (χ0n) is 13.1. The number of rotatable bonds is 5. The van der Waals surface area contributed by atoms with Crippen molar-refractivity contribution in [1.82, 2.24) is 0 Å². The Bertz CT molecular complexity index is 912. The predicted octanol–water partition coefficient (Wildman–Crippen LogP) is 5.98. The molecule has 5 heteroatoms. The zero-order chi connectivity index (χ0) is 17.3. The molecule has 3 nitrogen and oxygen atoms in total. The topological polar surface area (TPSA) is 50.4 Å². The van der Waals surface area contributed by atoms with Gasteiger partial charge in [0.2, 0.25) is 0 Å². The fourth-order valence-electron chi connectivity index (χ4n) is 2.81. The molecule has 2 aromatic carbocycles. The van der Waals surface area contributed by atoms with Gasteiger partial charge >= 0.3 is 5.97 Å². The quantitative estimate of drug-likeness (QED) is 0.607. The van der Waals surface area contributed by atoms with E-state index in [4.69, 9.17) is 27.6 Å². The lowest BCUT2D eigenvalue weighted by Gasteiger charge is -2.06. The van der Waals surface area contributed by atoms with Crippen LogP contribution in [0.5, 0.6) is 0 Å². The highest BCUT2D eigenvalue weighted by Gasteiger charge is 2.17. The Morgan fingerprint density at radius 1 is 1.17 bits per heavy atom. The molecule has 0 spiro atoms. The molecule has 3 rings (SSSR count). The van der Waals surface area contributed by atoms with Crippen LogP contribution in [0, 0.1) is 0 Å². The molecule has 0 unspecified atom stereocenters. The summed E-state index contributed by atoms with van der Waals surface area (Å²) in [5.41, 5.74) is 2.86. The third-order valence-corrected chi connectivity index (χ3v) is 4.57. The highest BCUT2D eigenvalue weighted by molar-refractivity contribution is 6.35. The molecular weight excluding hydrogens is 347 g/mol. The van der Waals surface area contributed by atoms with Gasteiger partial charge in [-0.1, -0.05) is 36.2 Å². The Labute approximate surface area is 149 Å². The maximum atomic E-state index is 11.3. The summed E-state index contributed by atoms with van der Waals surface area (Å²) in [6.45, 7) is 2.08. The van der Waals surface area contributed by atoms with Gasteiger partial charge in [0.1, 0.15) is 11.3 Å². The van der Waals surface area contributed by atoms with Crippen LogP contribution >= 0.6 is 23.2 Å². The third-order valence-electron chi connectivity index (χ3n) is 3.98. The molecule has 1 aromatic heterocycles. The van der Waals surface area contributed by atoms with Gasteiger partial charge < -0.3 is 9.52 Å². The van der Waals surface area contributed by atoms with Crippen molar-refractivity contribution in [2.45, 2.75) is 26.2 Å². The molecule has 124 valence electrons. The Balaban J connectivity index is 2.13. The summed E-state index contributed by atoms with van der Waals surface area (Å²) in [5, 5.41) is 11.2. The molecular formula is C19H16Cl2O3. The van der Waals surface area contributed by atoms with Gasteiger partial charge in [0, 0.05) is 33.8 Å². The smallest absolute Gasteiger partial charge is 0.335 e. The van der Waals surface area contributed by atoms with E-state index in [0.717, 1.165) is 35.1 Å². The summed E-state index contributed by atoms with van der Waals surface area (Å²) in [7, 11) is 0. The number of halogens is 2. The van der Waals surface area contributed by atoms with Crippen molar-refractivity contribution in [3.05, 3.63) is 68.9 Å². The normalized spacial score (nSPS) is 11.1. The molecule has 0 fully saturated rings. The highest BCUT2D eigenvalue weighted by Crippen LogP contribution is 2.32. The van der Waals surface area contributed by atoms with Crippen LogP contribution in [-0.2, 0) is 12.8 Å². The first-order chi connectivity index (χ1) is 11.5. The van der Waals surface area contributed by atoms with E-state index in [1.165, 1.54) is 0 Å². The monoisotopic (exact) mass is 362 g/mol. The summed E-state index contributed by atoms with van der Waals surface area (Å²) < 4.78 is 5.95. The molecule has 0 saturated carbocycles. The van der Waals surface area contributed by atoms with Crippen molar-refractivity contribution in [2.75, 3.05) is 0 Å². The number of hydrogen-bond acceptors (Lipinski definition) is 2. The van der Waals surface area contributed by atoms with E-state index in [-0.39, 0.29) is 5.56 Å². The number of carboxylic acid groups (broad SMARTS) is 1. The van der Waals surface area contributed by atoms with Gasteiger partial charge in [0.25, 0.3) is 0 Å². The number of hydrogen-bond donors (Lipinski definition) is 1. The minimum atomic E-state index is -0.953. The van der Waals surface area contributed by atoms with Crippen LogP contribution in [0.25, 0.3) is 11.0 Å². The number of aromatic carboxylic acids is 1. The van der Waals surface area contributed by atoms with E-state index < -0.39 is 5.97 Å². The highest BCUT2D eigenvalue weighted by atomic mass is 35.5. The largest absolute Gasteiger partial charge is 0.478 e. The summed E-state index contributed by atoms with van der Waals surface area (Å²) in [5.74, 6) is -0.0772. The molecule has 0 aliphatic heterocycles. The number of aryl methyl sites for hydroxylation is 1. The predicted molar refractivity (Wildman–Crippen MR) is 96.4 cm³/mol. The standard InChI is InChI=1S/C19H16Cl2O3/c1-2-3-17-14(8-11-4-6-13(20)10-16(11)21)15-9-12(19(22)23)5-7-18(15)24-17/h4-7,9-10H,2-3,8H2,1H3,(H,22,23). The molecule has 0 aliphatic carbocycles. The van der Waals surface area contributed by atoms with Crippen molar-refractivity contribution in [1.29, 1.82) is 0 Å². The van der Waals surface area contributed by atoms with E-state index in [2.05, 4.69) is 6.92 Å². The molecule has 1 heterocycles. The fourth-order valence-corrected chi connectivity index (χ4v) is 3.29. The molecule has 0 saturated heterocycles. The van der Waals surface area contributed by atoms with E-state index in [1.807, 2.05) is 6.07 Å². The molecule has 0 atom stereocenters. The minimum Gasteiger partial charge on any atom is -0.478 e. The summed E-state index contributed by atoms with van der Waals surface area (Å²) in [6, 6.07) is 10.3.